The second-order valence-electron chi connectivity index (χ2n) is 4.67. The molecule has 0 aliphatic carbocycles. The fraction of sp³-hybridized carbons (Fsp3) is 0.235. The van der Waals surface area contributed by atoms with E-state index in [-0.39, 0.29) is 5.56 Å². The number of carbonyl (C=O) groups excluding carboxylic acids is 1. The van der Waals surface area contributed by atoms with Crippen molar-refractivity contribution in [2.75, 3.05) is 13.7 Å². The van der Waals surface area contributed by atoms with Crippen molar-refractivity contribution in [3.05, 3.63) is 59.4 Å². The van der Waals surface area contributed by atoms with Gasteiger partial charge in [0.25, 0.3) is 0 Å². The van der Waals surface area contributed by atoms with Gasteiger partial charge in [0.05, 0.1) is 12.7 Å². The van der Waals surface area contributed by atoms with Crippen molar-refractivity contribution < 1.29 is 13.9 Å². The summed E-state index contributed by atoms with van der Waals surface area (Å²) in [5.41, 5.74) is 2.73. The maximum atomic E-state index is 14.0. The molecule has 0 spiro atoms. The Kier molecular flexibility index (Phi) is 5.06. The molecule has 0 fully saturated rings. The molecular weight excluding hydrogens is 269 g/mol. The fourth-order valence-electron chi connectivity index (χ4n) is 2.10. The van der Waals surface area contributed by atoms with Crippen molar-refractivity contribution >= 4 is 5.97 Å². The molecule has 0 aliphatic heterocycles. The fourth-order valence-corrected chi connectivity index (χ4v) is 2.10. The maximum absolute atomic E-state index is 14.0. The summed E-state index contributed by atoms with van der Waals surface area (Å²) in [6, 6.07) is 12.4. The van der Waals surface area contributed by atoms with Gasteiger partial charge < -0.3 is 10.1 Å². The number of esters is 1. The number of carbonyl (C=O) groups is 1. The standard InChI is InChI=1S/C17H18FNO2/c1-3-19-11-12-5-4-6-13(9-12)14-7-8-15(16(18)10-14)17(20)21-2/h4-10,19H,3,11H2,1-2H3. The van der Waals surface area contributed by atoms with Crippen LogP contribution in [0, 0.1) is 5.82 Å². The third-order valence-corrected chi connectivity index (χ3v) is 3.21. The molecule has 0 amide bonds. The Bertz CT molecular complexity index is 640. The number of nitrogens with one attached hydrogen (secondary N) is 1. The third kappa shape index (κ3) is 3.67. The predicted octanol–water partition coefficient (Wildman–Crippen LogP) is 3.39. The van der Waals surface area contributed by atoms with Crippen LogP contribution in [0.3, 0.4) is 0 Å². The van der Waals surface area contributed by atoms with Gasteiger partial charge in [0.2, 0.25) is 0 Å². The van der Waals surface area contributed by atoms with Crippen LogP contribution in [0.4, 0.5) is 4.39 Å². The number of rotatable bonds is 5. The Hall–Kier alpha value is -2.20. The van der Waals surface area contributed by atoms with Gasteiger partial charge in [0, 0.05) is 6.54 Å². The zero-order valence-corrected chi connectivity index (χ0v) is 12.2. The van der Waals surface area contributed by atoms with E-state index in [1.807, 2.05) is 31.2 Å². The minimum atomic E-state index is -0.667. The maximum Gasteiger partial charge on any atom is 0.340 e. The first-order chi connectivity index (χ1) is 10.2. The first-order valence-corrected chi connectivity index (χ1v) is 6.83. The third-order valence-electron chi connectivity index (χ3n) is 3.21. The van der Waals surface area contributed by atoms with E-state index in [1.165, 1.54) is 19.2 Å². The second-order valence-corrected chi connectivity index (χ2v) is 4.67. The van der Waals surface area contributed by atoms with Crippen LogP contribution in [0.15, 0.2) is 42.5 Å². The largest absolute Gasteiger partial charge is 0.465 e. The summed E-state index contributed by atoms with van der Waals surface area (Å²) in [6.07, 6.45) is 0. The molecule has 2 rings (SSSR count). The molecule has 0 atom stereocenters. The van der Waals surface area contributed by atoms with Gasteiger partial charge in [-0.1, -0.05) is 31.2 Å². The van der Waals surface area contributed by atoms with Gasteiger partial charge in [-0.25, -0.2) is 9.18 Å². The monoisotopic (exact) mass is 287 g/mol. The highest BCUT2D eigenvalue weighted by Gasteiger charge is 2.12. The van der Waals surface area contributed by atoms with Crippen molar-refractivity contribution in [2.45, 2.75) is 13.5 Å². The number of hydrogen-bond acceptors (Lipinski definition) is 3. The molecule has 2 aromatic rings. The van der Waals surface area contributed by atoms with Crippen molar-refractivity contribution in [1.82, 2.24) is 5.32 Å². The highest BCUT2D eigenvalue weighted by Crippen LogP contribution is 2.23. The quantitative estimate of drug-likeness (QED) is 0.857. The van der Waals surface area contributed by atoms with Crippen LogP contribution in [0.2, 0.25) is 0 Å². The van der Waals surface area contributed by atoms with E-state index >= 15 is 0 Å². The molecular formula is C17H18FNO2. The normalized spacial score (nSPS) is 10.4. The van der Waals surface area contributed by atoms with Gasteiger partial charge in [0.15, 0.2) is 0 Å². The van der Waals surface area contributed by atoms with Gasteiger partial charge in [-0.05, 0) is 41.4 Å². The number of methoxy groups -OCH3 is 1. The van der Waals surface area contributed by atoms with Crippen LogP contribution in [0.25, 0.3) is 11.1 Å². The lowest BCUT2D eigenvalue weighted by Gasteiger charge is -2.08. The Morgan fingerprint density at radius 2 is 1.95 bits per heavy atom. The van der Waals surface area contributed by atoms with Crippen molar-refractivity contribution in [3.63, 3.8) is 0 Å². The molecule has 0 aliphatic rings. The minimum Gasteiger partial charge on any atom is -0.465 e. The summed E-state index contributed by atoms with van der Waals surface area (Å²) in [4.78, 5) is 11.4. The average molecular weight is 287 g/mol. The van der Waals surface area contributed by atoms with E-state index in [9.17, 15) is 9.18 Å². The molecule has 0 heterocycles. The summed E-state index contributed by atoms with van der Waals surface area (Å²) in [5, 5.41) is 3.25. The summed E-state index contributed by atoms with van der Waals surface area (Å²) < 4.78 is 18.5. The number of halogens is 1. The van der Waals surface area contributed by atoms with Crippen LogP contribution in [0.1, 0.15) is 22.8 Å². The molecule has 4 heteroatoms. The van der Waals surface area contributed by atoms with E-state index in [1.54, 1.807) is 6.07 Å². The number of hydrogen-bond donors (Lipinski definition) is 1. The Morgan fingerprint density at radius 3 is 2.62 bits per heavy atom. The molecule has 0 saturated heterocycles. The van der Waals surface area contributed by atoms with Gasteiger partial charge >= 0.3 is 5.97 Å². The Morgan fingerprint density at radius 1 is 1.19 bits per heavy atom. The first-order valence-electron chi connectivity index (χ1n) is 6.83. The molecule has 3 nitrogen and oxygen atoms in total. The molecule has 0 aromatic heterocycles. The van der Waals surface area contributed by atoms with Crippen LogP contribution < -0.4 is 5.32 Å². The number of ether oxygens (including phenoxy) is 1. The predicted molar refractivity (Wildman–Crippen MR) is 80.6 cm³/mol. The molecule has 0 bridgehead atoms. The highest BCUT2D eigenvalue weighted by atomic mass is 19.1. The van der Waals surface area contributed by atoms with E-state index in [4.69, 9.17) is 0 Å². The van der Waals surface area contributed by atoms with Gasteiger partial charge in [-0.3, -0.25) is 0 Å². The molecule has 2 aromatic carbocycles. The second kappa shape index (κ2) is 6.99. The lowest BCUT2D eigenvalue weighted by molar-refractivity contribution is 0.0595. The van der Waals surface area contributed by atoms with Gasteiger partial charge in [-0.15, -0.1) is 0 Å². The van der Waals surface area contributed by atoms with Crippen molar-refractivity contribution in [2.24, 2.45) is 0 Å². The summed E-state index contributed by atoms with van der Waals surface area (Å²) >= 11 is 0. The molecule has 0 saturated carbocycles. The SMILES string of the molecule is CCNCc1cccc(-c2ccc(C(=O)OC)c(F)c2)c1. The molecule has 0 unspecified atom stereocenters. The topological polar surface area (TPSA) is 38.3 Å². The van der Waals surface area contributed by atoms with Crippen LogP contribution in [-0.4, -0.2) is 19.6 Å². The van der Waals surface area contributed by atoms with Crippen LogP contribution in [0.5, 0.6) is 0 Å². The van der Waals surface area contributed by atoms with E-state index in [0.717, 1.165) is 29.8 Å². The van der Waals surface area contributed by atoms with E-state index in [0.29, 0.717) is 0 Å². The zero-order valence-electron chi connectivity index (χ0n) is 12.2. The Labute approximate surface area is 123 Å². The Balaban J connectivity index is 2.30. The van der Waals surface area contributed by atoms with Gasteiger partial charge in [0.1, 0.15) is 5.82 Å². The first kappa shape index (κ1) is 15.2. The lowest BCUT2D eigenvalue weighted by Crippen LogP contribution is -2.11. The molecule has 110 valence electrons. The smallest absolute Gasteiger partial charge is 0.340 e. The molecule has 0 radical (unpaired) electrons. The lowest BCUT2D eigenvalue weighted by atomic mass is 10.0. The summed E-state index contributed by atoms with van der Waals surface area (Å²) in [6.45, 7) is 3.71. The van der Waals surface area contributed by atoms with Gasteiger partial charge in [-0.2, -0.15) is 0 Å². The minimum absolute atomic E-state index is 0.0509. The highest BCUT2D eigenvalue weighted by molar-refractivity contribution is 5.90. The van der Waals surface area contributed by atoms with E-state index in [2.05, 4.69) is 10.1 Å². The van der Waals surface area contributed by atoms with Crippen molar-refractivity contribution in [3.8, 4) is 11.1 Å². The van der Waals surface area contributed by atoms with Crippen LogP contribution >= 0.6 is 0 Å². The zero-order chi connectivity index (χ0) is 15.2. The molecule has 1 N–H and O–H groups in total. The van der Waals surface area contributed by atoms with Crippen LogP contribution in [-0.2, 0) is 11.3 Å². The summed E-state index contributed by atoms with van der Waals surface area (Å²) in [7, 11) is 1.24. The van der Waals surface area contributed by atoms with E-state index < -0.39 is 11.8 Å². The van der Waals surface area contributed by atoms with Crippen molar-refractivity contribution in [1.29, 1.82) is 0 Å². The number of benzene rings is 2. The molecule has 21 heavy (non-hydrogen) atoms. The summed E-state index contributed by atoms with van der Waals surface area (Å²) in [5.74, 6) is -1.24. The average Bonchev–Trinajstić information content (AvgIpc) is 2.52.